The number of nitrogens with zero attached hydrogens (tertiary/aromatic N) is 1. The molecule has 1 unspecified atom stereocenters. The summed E-state index contributed by atoms with van der Waals surface area (Å²) in [5.74, 6) is 0. The SMILES string of the molecule is C[C@H]1[C@H](CO[Si](C)(C)C(C)(C)C)N1Cc1ccccc1. The summed E-state index contributed by atoms with van der Waals surface area (Å²) in [5, 5.41) is 0.301. The normalized spacial score (nSPS) is 26.6. The van der Waals surface area contributed by atoms with Crippen LogP contribution in [0.1, 0.15) is 33.3 Å². The van der Waals surface area contributed by atoms with Gasteiger partial charge in [-0.2, -0.15) is 0 Å². The molecule has 1 aromatic carbocycles. The molecule has 20 heavy (non-hydrogen) atoms. The molecule has 112 valence electrons. The largest absolute Gasteiger partial charge is 0.415 e. The monoisotopic (exact) mass is 291 g/mol. The average Bonchev–Trinajstić information content (AvgIpc) is 2.96. The molecule has 1 aliphatic heterocycles. The molecule has 0 N–H and O–H groups in total. The van der Waals surface area contributed by atoms with E-state index in [4.69, 9.17) is 4.43 Å². The maximum absolute atomic E-state index is 6.35. The first kappa shape index (κ1) is 15.7. The van der Waals surface area contributed by atoms with Gasteiger partial charge >= 0.3 is 0 Å². The summed E-state index contributed by atoms with van der Waals surface area (Å²) >= 11 is 0. The van der Waals surface area contributed by atoms with Crippen LogP contribution in [0.5, 0.6) is 0 Å². The van der Waals surface area contributed by atoms with Gasteiger partial charge in [0.2, 0.25) is 0 Å². The molecule has 1 aliphatic rings. The highest BCUT2D eigenvalue weighted by atomic mass is 28.4. The topological polar surface area (TPSA) is 12.2 Å². The Kier molecular flexibility index (Phi) is 4.43. The van der Waals surface area contributed by atoms with Gasteiger partial charge in [0, 0.05) is 18.6 Å². The van der Waals surface area contributed by atoms with Crippen molar-refractivity contribution in [3.05, 3.63) is 35.9 Å². The molecule has 2 nitrogen and oxygen atoms in total. The van der Waals surface area contributed by atoms with Crippen LogP contribution >= 0.6 is 0 Å². The van der Waals surface area contributed by atoms with Gasteiger partial charge in [0.25, 0.3) is 0 Å². The van der Waals surface area contributed by atoms with E-state index >= 15 is 0 Å². The Morgan fingerprint density at radius 3 is 2.30 bits per heavy atom. The van der Waals surface area contributed by atoms with Gasteiger partial charge in [-0.1, -0.05) is 51.1 Å². The van der Waals surface area contributed by atoms with Crippen LogP contribution in [0.2, 0.25) is 18.1 Å². The molecule has 3 heteroatoms. The minimum absolute atomic E-state index is 0.301. The number of rotatable bonds is 5. The van der Waals surface area contributed by atoms with Crippen LogP contribution in [0.3, 0.4) is 0 Å². The first-order valence-electron chi connectivity index (χ1n) is 7.66. The van der Waals surface area contributed by atoms with E-state index in [2.05, 4.69) is 76.0 Å². The van der Waals surface area contributed by atoms with Crippen LogP contribution in [0.4, 0.5) is 0 Å². The van der Waals surface area contributed by atoms with Crippen LogP contribution in [0.25, 0.3) is 0 Å². The Morgan fingerprint density at radius 2 is 1.75 bits per heavy atom. The third kappa shape index (κ3) is 3.51. The Bertz CT molecular complexity index is 438. The zero-order valence-electron chi connectivity index (χ0n) is 13.8. The van der Waals surface area contributed by atoms with Crippen molar-refractivity contribution in [2.45, 2.75) is 64.5 Å². The van der Waals surface area contributed by atoms with Gasteiger partial charge in [-0.15, -0.1) is 0 Å². The van der Waals surface area contributed by atoms with Gasteiger partial charge in [-0.25, -0.2) is 0 Å². The van der Waals surface area contributed by atoms with E-state index < -0.39 is 8.32 Å². The first-order chi connectivity index (χ1) is 9.22. The highest BCUT2D eigenvalue weighted by molar-refractivity contribution is 6.74. The van der Waals surface area contributed by atoms with Crippen LogP contribution < -0.4 is 0 Å². The Morgan fingerprint density at radius 1 is 1.15 bits per heavy atom. The van der Waals surface area contributed by atoms with Crippen LogP contribution in [0, 0.1) is 0 Å². The van der Waals surface area contributed by atoms with Gasteiger partial charge in [0.05, 0.1) is 6.61 Å². The fourth-order valence-corrected chi connectivity index (χ4v) is 3.30. The molecule has 2 rings (SSSR count). The molecule has 0 amide bonds. The summed E-state index contributed by atoms with van der Waals surface area (Å²) < 4.78 is 6.35. The molecule has 1 heterocycles. The molecule has 3 atom stereocenters. The Balaban J connectivity index is 1.84. The quantitative estimate of drug-likeness (QED) is 0.593. The fraction of sp³-hybridized carbons (Fsp3) is 0.647. The predicted octanol–water partition coefficient (Wildman–Crippen LogP) is 4.28. The lowest BCUT2D eigenvalue weighted by molar-refractivity contribution is 0.268. The maximum Gasteiger partial charge on any atom is 0.192 e. The average molecular weight is 292 g/mol. The number of hydrogen-bond acceptors (Lipinski definition) is 2. The Hall–Kier alpha value is -0.643. The standard InChI is InChI=1S/C17H29NOSi/c1-14-16(13-19-20(5,6)17(2,3)4)18(14)12-15-10-8-7-9-11-15/h7-11,14,16H,12-13H2,1-6H3/t14-,16-,18?/m0/s1. The smallest absolute Gasteiger partial charge is 0.192 e. The van der Waals surface area contributed by atoms with Crippen molar-refractivity contribution in [2.24, 2.45) is 0 Å². The fourth-order valence-electron chi connectivity index (χ4n) is 2.28. The third-order valence-corrected chi connectivity index (χ3v) is 9.55. The summed E-state index contributed by atoms with van der Waals surface area (Å²) in [6, 6.07) is 12.0. The van der Waals surface area contributed by atoms with Crippen LogP contribution in [-0.2, 0) is 11.0 Å². The minimum atomic E-state index is -1.61. The molecule has 1 fully saturated rings. The molecule has 1 aromatic rings. The minimum Gasteiger partial charge on any atom is -0.415 e. The van der Waals surface area contributed by atoms with E-state index in [-0.39, 0.29) is 0 Å². The van der Waals surface area contributed by atoms with Crippen molar-refractivity contribution in [1.82, 2.24) is 4.90 Å². The van der Waals surface area contributed by atoms with Crippen molar-refractivity contribution >= 4 is 8.32 Å². The summed E-state index contributed by atoms with van der Waals surface area (Å²) in [7, 11) is -1.61. The summed E-state index contributed by atoms with van der Waals surface area (Å²) in [5.41, 5.74) is 1.40. The molecule has 1 saturated heterocycles. The highest BCUT2D eigenvalue weighted by Gasteiger charge is 2.46. The van der Waals surface area contributed by atoms with E-state index in [1.54, 1.807) is 0 Å². The third-order valence-electron chi connectivity index (χ3n) is 5.05. The molecular weight excluding hydrogens is 262 g/mol. The second kappa shape index (κ2) is 5.62. The van der Waals surface area contributed by atoms with Gasteiger partial charge in [0.1, 0.15) is 0 Å². The number of hydrogen-bond donors (Lipinski definition) is 0. The van der Waals surface area contributed by atoms with Crippen LogP contribution in [-0.4, -0.2) is 31.9 Å². The van der Waals surface area contributed by atoms with E-state index in [1.165, 1.54) is 5.56 Å². The molecule has 0 saturated carbocycles. The lowest BCUT2D eigenvalue weighted by atomic mass is 10.2. The lowest BCUT2D eigenvalue weighted by Gasteiger charge is -2.36. The van der Waals surface area contributed by atoms with E-state index in [9.17, 15) is 0 Å². The molecular formula is C17H29NOSi. The van der Waals surface area contributed by atoms with Gasteiger partial charge in [-0.05, 0) is 30.6 Å². The zero-order chi connectivity index (χ0) is 15.0. The second-order valence-electron chi connectivity index (χ2n) is 7.54. The number of benzene rings is 1. The van der Waals surface area contributed by atoms with E-state index in [1.807, 2.05) is 0 Å². The first-order valence-corrected chi connectivity index (χ1v) is 10.6. The summed E-state index contributed by atoms with van der Waals surface area (Å²) in [6.45, 7) is 15.8. The lowest BCUT2D eigenvalue weighted by Crippen LogP contribution is -2.42. The highest BCUT2D eigenvalue weighted by Crippen LogP contribution is 2.38. The molecule has 0 aromatic heterocycles. The van der Waals surface area contributed by atoms with Gasteiger partial charge < -0.3 is 4.43 Å². The summed E-state index contributed by atoms with van der Waals surface area (Å²) in [4.78, 5) is 2.53. The van der Waals surface area contributed by atoms with Crippen molar-refractivity contribution in [3.63, 3.8) is 0 Å². The molecule has 0 aliphatic carbocycles. The van der Waals surface area contributed by atoms with Crippen LogP contribution in [0.15, 0.2) is 30.3 Å². The zero-order valence-corrected chi connectivity index (χ0v) is 14.8. The second-order valence-corrected chi connectivity index (χ2v) is 12.3. The van der Waals surface area contributed by atoms with E-state index in [0.29, 0.717) is 17.1 Å². The van der Waals surface area contributed by atoms with Crippen molar-refractivity contribution in [1.29, 1.82) is 0 Å². The van der Waals surface area contributed by atoms with Crippen molar-refractivity contribution in [2.75, 3.05) is 6.61 Å². The van der Waals surface area contributed by atoms with Crippen molar-refractivity contribution in [3.8, 4) is 0 Å². The predicted molar refractivity (Wildman–Crippen MR) is 88.4 cm³/mol. The van der Waals surface area contributed by atoms with Gasteiger partial charge in [0.15, 0.2) is 8.32 Å². The molecule has 0 spiro atoms. The Labute approximate surface area is 125 Å². The summed E-state index contributed by atoms with van der Waals surface area (Å²) in [6.07, 6.45) is 0. The van der Waals surface area contributed by atoms with Gasteiger partial charge in [-0.3, -0.25) is 4.90 Å². The molecule has 0 bridgehead atoms. The maximum atomic E-state index is 6.35. The van der Waals surface area contributed by atoms with Crippen molar-refractivity contribution < 1.29 is 4.43 Å². The van der Waals surface area contributed by atoms with E-state index in [0.717, 1.165) is 13.2 Å². The molecule has 0 radical (unpaired) electrons.